The lowest BCUT2D eigenvalue weighted by Crippen LogP contribution is -2.35. The van der Waals surface area contributed by atoms with Crippen LogP contribution in [0.2, 0.25) is 0 Å². The lowest BCUT2D eigenvalue weighted by Gasteiger charge is -2.22. The third-order valence-corrected chi connectivity index (χ3v) is 2.84. The number of nitrogens with one attached hydrogen (secondary N) is 1. The molecule has 4 heteroatoms. The van der Waals surface area contributed by atoms with E-state index in [2.05, 4.69) is 5.32 Å². The SMILES string of the molecule is CCCC1(F)CCNC(C(=O)O)CC1. The molecule has 82 valence electrons. The summed E-state index contributed by atoms with van der Waals surface area (Å²) in [6.07, 6.45) is 2.55. The van der Waals surface area contributed by atoms with Crippen molar-refractivity contribution in [1.29, 1.82) is 0 Å². The van der Waals surface area contributed by atoms with Gasteiger partial charge in [0.25, 0.3) is 0 Å². The highest BCUT2D eigenvalue weighted by Crippen LogP contribution is 2.30. The molecule has 1 fully saturated rings. The van der Waals surface area contributed by atoms with E-state index in [0.29, 0.717) is 32.2 Å². The van der Waals surface area contributed by atoms with E-state index in [4.69, 9.17) is 5.11 Å². The predicted octanol–water partition coefficient (Wildman–Crippen LogP) is 1.72. The molecule has 1 rings (SSSR count). The molecule has 0 amide bonds. The monoisotopic (exact) mass is 203 g/mol. The average molecular weight is 203 g/mol. The quantitative estimate of drug-likeness (QED) is 0.734. The van der Waals surface area contributed by atoms with E-state index >= 15 is 0 Å². The van der Waals surface area contributed by atoms with E-state index in [9.17, 15) is 9.18 Å². The van der Waals surface area contributed by atoms with Crippen LogP contribution in [0.4, 0.5) is 4.39 Å². The van der Waals surface area contributed by atoms with Gasteiger partial charge < -0.3 is 10.4 Å². The van der Waals surface area contributed by atoms with Gasteiger partial charge in [-0.1, -0.05) is 13.3 Å². The Bertz CT molecular complexity index is 210. The van der Waals surface area contributed by atoms with Gasteiger partial charge in [0.05, 0.1) is 0 Å². The predicted molar refractivity (Wildman–Crippen MR) is 52.0 cm³/mol. The number of hydrogen-bond donors (Lipinski definition) is 2. The summed E-state index contributed by atoms with van der Waals surface area (Å²) in [7, 11) is 0. The number of hydrogen-bond acceptors (Lipinski definition) is 2. The highest BCUT2D eigenvalue weighted by Gasteiger charge is 2.33. The fourth-order valence-electron chi connectivity index (χ4n) is 2.01. The van der Waals surface area contributed by atoms with Crippen molar-refractivity contribution in [3.63, 3.8) is 0 Å². The standard InChI is InChI=1S/C10H18FNO2/c1-2-4-10(11)5-3-8(9(13)14)12-7-6-10/h8,12H,2-7H2,1H3,(H,13,14). The maximum absolute atomic E-state index is 14.0. The summed E-state index contributed by atoms with van der Waals surface area (Å²) in [6, 6.07) is -0.565. The molecule has 1 heterocycles. The van der Waals surface area contributed by atoms with Crippen LogP contribution in [0.3, 0.4) is 0 Å². The van der Waals surface area contributed by atoms with Crippen molar-refractivity contribution in [2.45, 2.75) is 50.7 Å². The molecule has 1 saturated heterocycles. The third-order valence-electron chi connectivity index (χ3n) is 2.84. The maximum atomic E-state index is 14.0. The Morgan fingerprint density at radius 3 is 2.93 bits per heavy atom. The minimum atomic E-state index is -1.15. The summed E-state index contributed by atoms with van der Waals surface area (Å²) in [4.78, 5) is 10.7. The first kappa shape index (κ1) is 11.4. The van der Waals surface area contributed by atoms with E-state index in [1.165, 1.54) is 0 Å². The van der Waals surface area contributed by atoms with Gasteiger partial charge in [0.2, 0.25) is 0 Å². The number of aliphatic carboxylic acids is 1. The lowest BCUT2D eigenvalue weighted by molar-refractivity contribution is -0.139. The van der Waals surface area contributed by atoms with Crippen LogP contribution in [0.25, 0.3) is 0 Å². The molecule has 1 aliphatic heterocycles. The molecular formula is C10H18FNO2. The van der Waals surface area contributed by atoms with Crippen molar-refractivity contribution in [2.24, 2.45) is 0 Å². The number of rotatable bonds is 3. The molecular weight excluding hydrogens is 185 g/mol. The van der Waals surface area contributed by atoms with Gasteiger partial charge in [0.15, 0.2) is 0 Å². The van der Waals surface area contributed by atoms with E-state index in [-0.39, 0.29) is 0 Å². The summed E-state index contributed by atoms with van der Waals surface area (Å²) in [5.74, 6) is -0.870. The normalized spacial score (nSPS) is 33.7. The molecule has 0 spiro atoms. The van der Waals surface area contributed by atoms with Crippen LogP contribution in [0.1, 0.15) is 39.0 Å². The zero-order valence-electron chi connectivity index (χ0n) is 8.55. The Morgan fingerprint density at radius 1 is 1.64 bits per heavy atom. The second-order valence-corrected chi connectivity index (χ2v) is 4.03. The first-order valence-corrected chi connectivity index (χ1v) is 5.22. The summed E-state index contributed by atoms with van der Waals surface area (Å²) in [5.41, 5.74) is -1.15. The van der Waals surface area contributed by atoms with Gasteiger partial charge in [-0.25, -0.2) is 4.39 Å². The second kappa shape index (κ2) is 4.73. The van der Waals surface area contributed by atoms with Crippen LogP contribution in [0.15, 0.2) is 0 Å². The average Bonchev–Trinajstić information content (AvgIpc) is 2.28. The Morgan fingerprint density at radius 2 is 2.36 bits per heavy atom. The molecule has 0 bridgehead atoms. The van der Waals surface area contributed by atoms with Gasteiger partial charge in [0.1, 0.15) is 11.7 Å². The van der Waals surface area contributed by atoms with Gasteiger partial charge in [0, 0.05) is 0 Å². The van der Waals surface area contributed by atoms with Gasteiger partial charge >= 0.3 is 5.97 Å². The van der Waals surface area contributed by atoms with Crippen molar-refractivity contribution in [2.75, 3.05) is 6.54 Å². The van der Waals surface area contributed by atoms with E-state index in [0.717, 1.165) is 6.42 Å². The number of carboxylic acid groups (broad SMARTS) is 1. The molecule has 3 nitrogen and oxygen atoms in total. The van der Waals surface area contributed by atoms with Gasteiger partial charge in [-0.05, 0) is 32.2 Å². The first-order chi connectivity index (χ1) is 6.57. The Hall–Kier alpha value is -0.640. The number of carboxylic acids is 1. The van der Waals surface area contributed by atoms with E-state index < -0.39 is 17.7 Å². The second-order valence-electron chi connectivity index (χ2n) is 4.03. The molecule has 0 aromatic heterocycles. The lowest BCUT2D eigenvalue weighted by atomic mass is 9.91. The summed E-state index contributed by atoms with van der Waals surface area (Å²) in [6.45, 7) is 2.42. The van der Waals surface area contributed by atoms with Crippen LogP contribution >= 0.6 is 0 Å². The molecule has 2 atom stereocenters. The van der Waals surface area contributed by atoms with Crippen molar-refractivity contribution in [1.82, 2.24) is 5.32 Å². The first-order valence-electron chi connectivity index (χ1n) is 5.22. The minimum absolute atomic E-state index is 0.366. The fraction of sp³-hybridized carbons (Fsp3) is 0.900. The van der Waals surface area contributed by atoms with Crippen molar-refractivity contribution >= 4 is 5.97 Å². The molecule has 14 heavy (non-hydrogen) atoms. The van der Waals surface area contributed by atoms with Crippen LogP contribution in [-0.2, 0) is 4.79 Å². The third kappa shape index (κ3) is 2.94. The Balaban J connectivity index is 2.51. The number of carbonyl (C=O) groups is 1. The van der Waals surface area contributed by atoms with E-state index in [1.807, 2.05) is 6.92 Å². The van der Waals surface area contributed by atoms with Gasteiger partial charge in [-0.15, -0.1) is 0 Å². The van der Waals surface area contributed by atoms with E-state index in [1.54, 1.807) is 0 Å². The van der Waals surface area contributed by atoms with Crippen LogP contribution < -0.4 is 5.32 Å². The Labute approximate surface area is 83.7 Å². The molecule has 0 aromatic rings. The molecule has 2 N–H and O–H groups in total. The van der Waals surface area contributed by atoms with Crippen LogP contribution in [0.5, 0.6) is 0 Å². The largest absolute Gasteiger partial charge is 0.480 e. The van der Waals surface area contributed by atoms with Crippen molar-refractivity contribution < 1.29 is 14.3 Å². The van der Waals surface area contributed by atoms with Crippen LogP contribution in [-0.4, -0.2) is 29.3 Å². The van der Waals surface area contributed by atoms with Crippen molar-refractivity contribution in [3.05, 3.63) is 0 Å². The summed E-state index contributed by atoms with van der Waals surface area (Å²) in [5, 5.41) is 11.6. The van der Waals surface area contributed by atoms with Gasteiger partial charge in [-0.3, -0.25) is 4.79 Å². The Kier molecular flexibility index (Phi) is 3.86. The topological polar surface area (TPSA) is 49.3 Å². The molecule has 0 aliphatic carbocycles. The zero-order valence-corrected chi connectivity index (χ0v) is 8.55. The summed E-state index contributed by atoms with van der Waals surface area (Å²) < 4.78 is 14.0. The molecule has 0 saturated carbocycles. The molecule has 1 aliphatic rings. The molecule has 2 unspecified atom stereocenters. The maximum Gasteiger partial charge on any atom is 0.320 e. The fourth-order valence-corrected chi connectivity index (χ4v) is 2.01. The molecule has 0 aromatic carbocycles. The van der Waals surface area contributed by atoms with Crippen LogP contribution in [0, 0.1) is 0 Å². The number of halogens is 1. The smallest absolute Gasteiger partial charge is 0.320 e. The van der Waals surface area contributed by atoms with Crippen molar-refractivity contribution in [3.8, 4) is 0 Å². The number of alkyl halides is 1. The zero-order chi connectivity index (χ0) is 10.6. The highest BCUT2D eigenvalue weighted by atomic mass is 19.1. The summed E-state index contributed by atoms with van der Waals surface area (Å²) >= 11 is 0. The van der Waals surface area contributed by atoms with Gasteiger partial charge in [-0.2, -0.15) is 0 Å². The molecule has 0 radical (unpaired) electrons. The highest BCUT2D eigenvalue weighted by molar-refractivity contribution is 5.73. The minimum Gasteiger partial charge on any atom is -0.480 e.